The van der Waals surface area contributed by atoms with Crippen LogP contribution in [0, 0.1) is 6.92 Å². The van der Waals surface area contributed by atoms with Crippen LogP contribution in [0.1, 0.15) is 17.5 Å². The smallest absolute Gasteiger partial charge is 0.253 e. The van der Waals surface area contributed by atoms with Crippen molar-refractivity contribution < 1.29 is 0 Å². The third kappa shape index (κ3) is 3.33. The fourth-order valence-corrected chi connectivity index (χ4v) is 2.59. The van der Waals surface area contributed by atoms with Crippen LogP contribution in [-0.2, 0) is 13.0 Å². The van der Waals surface area contributed by atoms with E-state index in [0.29, 0.717) is 0 Å². The van der Waals surface area contributed by atoms with Gasteiger partial charge in [-0.2, -0.15) is 0 Å². The fourth-order valence-electron chi connectivity index (χ4n) is 2.00. The van der Waals surface area contributed by atoms with E-state index in [1.54, 1.807) is 4.57 Å². The van der Waals surface area contributed by atoms with E-state index >= 15 is 0 Å². The summed E-state index contributed by atoms with van der Waals surface area (Å²) < 4.78 is 2.74. The lowest BCUT2D eigenvalue weighted by atomic mass is 10.1. The Balaban J connectivity index is 2.01. The van der Waals surface area contributed by atoms with Gasteiger partial charge < -0.3 is 4.57 Å². The Hall–Kier alpha value is -1.35. The van der Waals surface area contributed by atoms with Crippen molar-refractivity contribution >= 4 is 15.9 Å². The molecule has 3 heteroatoms. The van der Waals surface area contributed by atoms with E-state index in [4.69, 9.17) is 0 Å². The summed E-state index contributed by atoms with van der Waals surface area (Å²) in [5.41, 5.74) is 2.20. The SMILES string of the molecule is Cc1cc(Br)cn(CCCc2ccccc2)c1=O. The molecule has 2 rings (SSSR count). The highest BCUT2D eigenvalue weighted by atomic mass is 79.9. The molecule has 0 N–H and O–H groups in total. The molecule has 1 aromatic carbocycles. The highest BCUT2D eigenvalue weighted by Crippen LogP contribution is 2.09. The van der Waals surface area contributed by atoms with E-state index in [-0.39, 0.29) is 5.56 Å². The number of aromatic nitrogens is 1. The van der Waals surface area contributed by atoms with Gasteiger partial charge in [0.2, 0.25) is 0 Å². The summed E-state index contributed by atoms with van der Waals surface area (Å²) in [7, 11) is 0. The standard InChI is InChI=1S/C15H16BrNO/c1-12-10-14(16)11-17(15(12)18)9-5-8-13-6-3-2-4-7-13/h2-4,6-7,10-11H,5,8-9H2,1H3. The maximum Gasteiger partial charge on any atom is 0.253 e. The molecule has 0 atom stereocenters. The van der Waals surface area contributed by atoms with Crippen LogP contribution in [0.15, 0.2) is 51.9 Å². The van der Waals surface area contributed by atoms with Gasteiger partial charge in [0.15, 0.2) is 0 Å². The first-order chi connectivity index (χ1) is 8.66. The molecule has 0 saturated heterocycles. The summed E-state index contributed by atoms with van der Waals surface area (Å²) in [4.78, 5) is 11.9. The average Bonchev–Trinajstić information content (AvgIpc) is 2.36. The molecule has 2 nitrogen and oxygen atoms in total. The van der Waals surface area contributed by atoms with Crippen LogP contribution in [0.5, 0.6) is 0 Å². The first kappa shape index (κ1) is 13.1. The molecule has 0 unspecified atom stereocenters. The van der Waals surface area contributed by atoms with Crippen molar-refractivity contribution in [3.63, 3.8) is 0 Å². The van der Waals surface area contributed by atoms with Crippen LogP contribution in [0.2, 0.25) is 0 Å². The Morgan fingerprint density at radius 2 is 1.94 bits per heavy atom. The number of aryl methyl sites for hydroxylation is 3. The second-order valence-corrected chi connectivity index (χ2v) is 5.34. The number of pyridine rings is 1. The minimum atomic E-state index is 0.103. The van der Waals surface area contributed by atoms with E-state index in [9.17, 15) is 4.79 Å². The lowest BCUT2D eigenvalue weighted by Crippen LogP contribution is -2.21. The molecule has 2 aromatic rings. The minimum Gasteiger partial charge on any atom is -0.314 e. The predicted molar refractivity (Wildman–Crippen MR) is 77.9 cm³/mol. The molecular weight excluding hydrogens is 290 g/mol. The topological polar surface area (TPSA) is 22.0 Å². The summed E-state index contributed by atoms with van der Waals surface area (Å²) in [6.07, 6.45) is 3.83. The Bertz CT molecular complexity index is 575. The third-order valence-electron chi connectivity index (χ3n) is 2.94. The lowest BCUT2D eigenvalue weighted by molar-refractivity contribution is 0.618. The van der Waals surface area contributed by atoms with Gasteiger partial charge in [0, 0.05) is 22.8 Å². The Labute approximate surface area is 115 Å². The molecule has 94 valence electrons. The van der Waals surface area contributed by atoms with Gasteiger partial charge in [-0.25, -0.2) is 0 Å². The van der Waals surface area contributed by atoms with Crippen LogP contribution in [0.3, 0.4) is 0 Å². The molecule has 0 aliphatic rings. The van der Waals surface area contributed by atoms with E-state index < -0.39 is 0 Å². The quantitative estimate of drug-likeness (QED) is 0.846. The Kier molecular flexibility index (Phi) is 4.37. The fraction of sp³-hybridized carbons (Fsp3) is 0.267. The summed E-state index contributed by atoms with van der Waals surface area (Å²) >= 11 is 3.42. The first-order valence-corrected chi connectivity index (χ1v) is 6.86. The number of benzene rings is 1. The first-order valence-electron chi connectivity index (χ1n) is 6.07. The molecule has 1 heterocycles. The summed E-state index contributed by atoms with van der Waals surface area (Å²) in [6, 6.07) is 12.2. The van der Waals surface area contributed by atoms with Crippen molar-refractivity contribution in [1.29, 1.82) is 0 Å². The number of rotatable bonds is 4. The second-order valence-electron chi connectivity index (χ2n) is 4.43. The number of nitrogens with zero attached hydrogens (tertiary/aromatic N) is 1. The molecule has 0 spiro atoms. The van der Waals surface area contributed by atoms with Crippen LogP contribution >= 0.6 is 15.9 Å². The zero-order valence-electron chi connectivity index (χ0n) is 10.4. The maximum absolute atomic E-state index is 11.9. The highest BCUT2D eigenvalue weighted by Gasteiger charge is 2.01. The summed E-state index contributed by atoms with van der Waals surface area (Å²) in [6.45, 7) is 2.61. The molecular formula is C15H16BrNO. The monoisotopic (exact) mass is 305 g/mol. The van der Waals surface area contributed by atoms with Gasteiger partial charge in [0.1, 0.15) is 0 Å². The molecule has 0 aliphatic heterocycles. The number of hydrogen-bond acceptors (Lipinski definition) is 1. The van der Waals surface area contributed by atoms with Gasteiger partial charge in [0.25, 0.3) is 5.56 Å². The van der Waals surface area contributed by atoms with Crippen molar-refractivity contribution in [2.24, 2.45) is 0 Å². The Morgan fingerprint density at radius 3 is 2.67 bits per heavy atom. The van der Waals surface area contributed by atoms with Crippen molar-refractivity contribution in [1.82, 2.24) is 4.57 Å². The van der Waals surface area contributed by atoms with Crippen molar-refractivity contribution in [2.45, 2.75) is 26.3 Å². The van der Waals surface area contributed by atoms with E-state index in [0.717, 1.165) is 29.4 Å². The van der Waals surface area contributed by atoms with Crippen LogP contribution in [-0.4, -0.2) is 4.57 Å². The van der Waals surface area contributed by atoms with Gasteiger partial charge in [0.05, 0.1) is 0 Å². The second kappa shape index (κ2) is 6.01. The molecule has 0 bridgehead atoms. The lowest BCUT2D eigenvalue weighted by Gasteiger charge is -2.07. The molecule has 0 fully saturated rings. The summed E-state index contributed by atoms with van der Waals surface area (Å²) in [5.74, 6) is 0. The number of halogens is 1. The highest BCUT2D eigenvalue weighted by molar-refractivity contribution is 9.10. The molecule has 0 amide bonds. The molecule has 0 radical (unpaired) electrons. The normalized spacial score (nSPS) is 10.6. The number of hydrogen-bond donors (Lipinski definition) is 0. The van der Waals surface area contributed by atoms with Crippen molar-refractivity contribution in [3.8, 4) is 0 Å². The predicted octanol–water partition coefficient (Wildman–Crippen LogP) is 3.55. The van der Waals surface area contributed by atoms with E-state index in [1.165, 1.54) is 5.56 Å². The molecule has 1 aromatic heterocycles. The van der Waals surface area contributed by atoms with Crippen LogP contribution < -0.4 is 5.56 Å². The average molecular weight is 306 g/mol. The zero-order valence-corrected chi connectivity index (χ0v) is 12.0. The van der Waals surface area contributed by atoms with Gasteiger partial charge in [-0.15, -0.1) is 0 Å². The summed E-state index contributed by atoms with van der Waals surface area (Å²) in [5, 5.41) is 0. The third-order valence-corrected chi connectivity index (χ3v) is 3.37. The van der Waals surface area contributed by atoms with Gasteiger partial charge in [-0.05, 0) is 47.3 Å². The van der Waals surface area contributed by atoms with Gasteiger partial charge in [-0.3, -0.25) is 4.79 Å². The largest absolute Gasteiger partial charge is 0.314 e. The molecule has 0 aliphatic carbocycles. The van der Waals surface area contributed by atoms with Crippen molar-refractivity contribution in [3.05, 3.63) is 68.5 Å². The molecule has 0 saturated carbocycles. The van der Waals surface area contributed by atoms with Crippen LogP contribution in [0.4, 0.5) is 0 Å². The Morgan fingerprint density at radius 1 is 1.22 bits per heavy atom. The van der Waals surface area contributed by atoms with E-state index in [1.807, 2.05) is 37.4 Å². The molecule has 18 heavy (non-hydrogen) atoms. The van der Waals surface area contributed by atoms with Gasteiger partial charge >= 0.3 is 0 Å². The van der Waals surface area contributed by atoms with Crippen LogP contribution in [0.25, 0.3) is 0 Å². The van der Waals surface area contributed by atoms with Gasteiger partial charge in [-0.1, -0.05) is 30.3 Å². The van der Waals surface area contributed by atoms with E-state index in [2.05, 4.69) is 28.1 Å². The zero-order chi connectivity index (χ0) is 13.0. The van der Waals surface area contributed by atoms with Crippen molar-refractivity contribution in [2.75, 3.05) is 0 Å². The minimum absolute atomic E-state index is 0.103. The maximum atomic E-state index is 11.9.